The Morgan fingerprint density at radius 1 is 1.28 bits per heavy atom. The molecule has 0 heterocycles. The van der Waals surface area contributed by atoms with Crippen LogP contribution in [0.25, 0.3) is 0 Å². The van der Waals surface area contributed by atoms with Crippen molar-refractivity contribution < 1.29 is 19.8 Å². The van der Waals surface area contributed by atoms with Gasteiger partial charge < -0.3 is 20.8 Å². The number of hydrogen-bond acceptors (Lipinski definition) is 4. The third-order valence-electron chi connectivity index (χ3n) is 2.67. The number of rotatable bonds is 8. The van der Waals surface area contributed by atoms with Crippen LogP contribution in [0.4, 0.5) is 0 Å². The van der Waals surface area contributed by atoms with Gasteiger partial charge in [0.25, 0.3) is 0 Å². The molecule has 0 saturated heterocycles. The number of carbonyl (C=O) groups is 2. The third-order valence-corrected chi connectivity index (χ3v) is 2.67. The highest BCUT2D eigenvalue weighted by molar-refractivity contribution is 5.87. The Labute approximate surface area is 108 Å². The molecule has 0 aromatic heterocycles. The topological polar surface area (TPSA) is 98.7 Å². The number of carbonyl (C=O) groups excluding carboxylic acids is 2. The number of nitrogens with one attached hydrogen (secondary N) is 2. The largest absolute Gasteiger partial charge is 0.396 e. The first-order chi connectivity index (χ1) is 8.35. The molecule has 6 nitrogen and oxygen atoms in total. The molecular formula is C12H24N2O4. The van der Waals surface area contributed by atoms with Gasteiger partial charge in [0.05, 0.1) is 13.2 Å². The van der Waals surface area contributed by atoms with Gasteiger partial charge in [-0.25, -0.2) is 0 Å². The summed E-state index contributed by atoms with van der Waals surface area (Å²) >= 11 is 0. The zero-order valence-corrected chi connectivity index (χ0v) is 11.3. The molecule has 0 aromatic carbocycles. The smallest absolute Gasteiger partial charge is 0.249 e. The lowest BCUT2D eigenvalue weighted by Crippen LogP contribution is -2.48. The Morgan fingerprint density at radius 2 is 1.89 bits per heavy atom. The van der Waals surface area contributed by atoms with Crippen molar-refractivity contribution in [1.29, 1.82) is 0 Å². The van der Waals surface area contributed by atoms with Gasteiger partial charge in [0.15, 0.2) is 0 Å². The van der Waals surface area contributed by atoms with Crippen LogP contribution in [0.5, 0.6) is 0 Å². The van der Waals surface area contributed by atoms with Crippen molar-refractivity contribution in [2.75, 3.05) is 19.7 Å². The molecule has 6 heteroatoms. The molecule has 106 valence electrons. The van der Waals surface area contributed by atoms with E-state index in [0.717, 1.165) is 12.8 Å². The van der Waals surface area contributed by atoms with Crippen LogP contribution >= 0.6 is 0 Å². The maximum Gasteiger partial charge on any atom is 0.249 e. The van der Waals surface area contributed by atoms with Crippen molar-refractivity contribution in [2.45, 2.75) is 39.7 Å². The minimum atomic E-state index is -1.34. The van der Waals surface area contributed by atoms with E-state index in [0.29, 0.717) is 6.54 Å². The molecule has 0 radical (unpaired) electrons. The Bertz CT molecular complexity index is 279. The Hall–Kier alpha value is -1.14. The molecule has 2 amide bonds. The van der Waals surface area contributed by atoms with Gasteiger partial charge >= 0.3 is 0 Å². The van der Waals surface area contributed by atoms with Crippen LogP contribution in [0.2, 0.25) is 0 Å². The van der Waals surface area contributed by atoms with E-state index in [-0.39, 0.29) is 19.1 Å². The highest BCUT2D eigenvalue weighted by Crippen LogP contribution is 2.19. The molecule has 0 bridgehead atoms. The SMILES string of the molecule is CCCCNC(=O)CNC(=O)[C@H](O)C(C)(C)CO. The Morgan fingerprint density at radius 3 is 2.39 bits per heavy atom. The molecule has 4 N–H and O–H groups in total. The maximum absolute atomic E-state index is 11.5. The molecule has 0 aliphatic rings. The van der Waals surface area contributed by atoms with Gasteiger partial charge in [-0.05, 0) is 6.42 Å². The fourth-order valence-corrected chi connectivity index (χ4v) is 1.17. The summed E-state index contributed by atoms with van der Waals surface area (Å²) in [6.45, 7) is 5.25. The quantitative estimate of drug-likeness (QED) is 0.438. The summed E-state index contributed by atoms with van der Waals surface area (Å²) in [6.07, 6.45) is 0.529. The first kappa shape index (κ1) is 16.9. The summed E-state index contributed by atoms with van der Waals surface area (Å²) in [5.74, 6) is -0.939. The molecule has 0 fully saturated rings. The van der Waals surface area contributed by atoms with Gasteiger partial charge in [-0.2, -0.15) is 0 Å². The van der Waals surface area contributed by atoms with Crippen LogP contribution in [0, 0.1) is 5.41 Å². The van der Waals surface area contributed by atoms with Gasteiger partial charge in [-0.3, -0.25) is 9.59 Å². The number of amides is 2. The van der Waals surface area contributed by atoms with E-state index in [1.807, 2.05) is 6.92 Å². The van der Waals surface area contributed by atoms with Crippen LogP contribution in [-0.4, -0.2) is 47.8 Å². The number of aliphatic hydroxyl groups is 2. The van der Waals surface area contributed by atoms with Crippen molar-refractivity contribution in [3.63, 3.8) is 0 Å². The summed E-state index contributed by atoms with van der Waals surface area (Å²) < 4.78 is 0. The lowest BCUT2D eigenvalue weighted by Gasteiger charge is -2.26. The molecule has 1 atom stereocenters. The van der Waals surface area contributed by atoms with Crippen molar-refractivity contribution in [1.82, 2.24) is 10.6 Å². The fraction of sp³-hybridized carbons (Fsp3) is 0.833. The summed E-state index contributed by atoms with van der Waals surface area (Å²) in [7, 11) is 0. The molecule has 0 saturated carbocycles. The maximum atomic E-state index is 11.5. The predicted octanol–water partition coefficient (Wildman–Crippen LogP) is -0.602. The molecule has 0 rings (SSSR count). The van der Waals surface area contributed by atoms with Crippen molar-refractivity contribution in [2.24, 2.45) is 5.41 Å². The number of unbranched alkanes of at least 4 members (excludes halogenated alkanes) is 1. The second-order valence-electron chi connectivity index (χ2n) is 4.97. The van der Waals surface area contributed by atoms with Gasteiger partial charge in [0, 0.05) is 12.0 Å². The monoisotopic (exact) mass is 260 g/mol. The number of aliphatic hydroxyl groups excluding tert-OH is 2. The van der Waals surface area contributed by atoms with Crippen LogP contribution in [-0.2, 0) is 9.59 Å². The first-order valence-electron chi connectivity index (χ1n) is 6.18. The highest BCUT2D eigenvalue weighted by Gasteiger charge is 2.32. The van der Waals surface area contributed by atoms with E-state index in [2.05, 4.69) is 10.6 Å². The van der Waals surface area contributed by atoms with E-state index in [4.69, 9.17) is 5.11 Å². The molecule has 0 aliphatic heterocycles. The van der Waals surface area contributed by atoms with Gasteiger partial charge in [-0.1, -0.05) is 27.2 Å². The van der Waals surface area contributed by atoms with E-state index < -0.39 is 17.4 Å². The van der Waals surface area contributed by atoms with Crippen LogP contribution < -0.4 is 10.6 Å². The average Bonchev–Trinajstić information content (AvgIpc) is 2.35. The predicted molar refractivity (Wildman–Crippen MR) is 67.8 cm³/mol. The zero-order chi connectivity index (χ0) is 14.2. The van der Waals surface area contributed by atoms with Crippen molar-refractivity contribution >= 4 is 11.8 Å². The third kappa shape index (κ3) is 5.97. The molecule has 0 unspecified atom stereocenters. The normalized spacial score (nSPS) is 12.9. The Balaban J connectivity index is 3.99. The molecule has 18 heavy (non-hydrogen) atoms. The van der Waals surface area contributed by atoms with Crippen LogP contribution in [0.1, 0.15) is 33.6 Å². The molecule has 0 aliphatic carbocycles. The average molecular weight is 260 g/mol. The summed E-state index contributed by atoms with van der Waals surface area (Å²) in [5, 5.41) is 23.7. The van der Waals surface area contributed by atoms with Crippen molar-refractivity contribution in [3.05, 3.63) is 0 Å². The number of hydrogen-bond donors (Lipinski definition) is 4. The van der Waals surface area contributed by atoms with Crippen molar-refractivity contribution in [3.8, 4) is 0 Å². The fourth-order valence-electron chi connectivity index (χ4n) is 1.17. The minimum absolute atomic E-state index is 0.166. The minimum Gasteiger partial charge on any atom is -0.396 e. The second kappa shape index (κ2) is 8.05. The van der Waals surface area contributed by atoms with E-state index in [1.54, 1.807) is 13.8 Å². The van der Waals surface area contributed by atoms with Gasteiger partial charge in [-0.15, -0.1) is 0 Å². The van der Waals surface area contributed by atoms with E-state index in [1.165, 1.54) is 0 Å². The lowest BCUT2D eigenvalue weighted by atomic mass is 9.87. The van der Waals surface area contributed by atoms with Gasteiger partial charge in [0.1, 0.15) is 6.10 Å². The molecule has 0 aromatic rings. The Kier molecular flexibility index (Phi) is 7.54. The van der Waals surface area contributed by atoms with Crippen LogP contribution in [0.15, 0.2) is 0 Å². The second-order valence-corrected chi connectivity index (χ2v) is 4.97. The molecule has 0 spiro atoms. The van der Waals surface area contributed by atoms with Crippen LogP contribution in [0.3, 0.4) is 0 Å². The summed E-state index contributed by atoms with van der Waals surface area (Å²) in [5.41, 5.74) is -0.928. The van der Waals surface area contributed by atoms with E-state index in [9.17, 15) is 14.7 Å². The standard InChI is InChI=1S/C12H24N2O4/c1-4-5-6-13-9(16)7-14-11(18)10(17)12(2,3)8-15/h10,15,17H,4-8H2,1-3H3,(H,13,16)(H,14,18)/t10-/m0/s1. The molecular weight excluding hydrogens is 236 g/mol. The summed E-state index contributed by atoms with van der Waals surface area (Å²) in [4.78, 5) is 22.8. The first-order valence-corrected chi connectivity index (χ1v) is 6.18. The van der Waals surface area contributed by atoms with E-state index >= 15 is 0 Å². The lowest BCUT2D eigenvalue weighted by molar-refractivity contribution is -0.138. The van der Waals surface area contributed by atoms with Gasteiger partial charge in [0.2, 0.25) is 11.8 Å². The zero-order valence-electron chi connectivity index (χ0n) is 11.3. The summed E-state index contributed by atoms with van der Waals surface area (Å²) in [6, 6.07) is 0. The highest BCUT2D eigenvalue weighted by atomic mass is 16.3.